The van der Waals surface area contributed by atoms with Crippen LogP contribution in [0.4, 0.5) is 0 Å². The van der Waals surface area contributed by atoms with Gasteiger partial charge in [0.1, 0.15) is 6.20 Å². The van der Waals surface area contributed by atoms with Crippen LogP contribution in [0.5, 0.6) is 0 Å². The number of furan rings is 1. The Bertz CT molecular complexity index is 1240. The number of hydrogen-bond acceptors (Lipinski definition) is 0. The predicted molar refractivity (Wildman–Crippen MR) is 112 cm³/mol. The molecule has 0 unspecified atom stereocenters. The van der Waals surface area contributed by atoms with Crippen molar-refractivity contribution in [2.75, 3.05) is 0 Å². The Morgan fingerprint density at radius 3 is 2.59 bits per heavy atom. The van der Waals surface area contributed by atoms with E-state index in [4.69, 9.17) is 4.42 Å². The largest absolute Gasteiger partial charge is 0.286 e. The van der Waals surface area contributed by atoms with E-state index >= 15 is 0 Å². The van der Waals surface area contributed by atoms with Crippen LogP contribution in [-0.2, 0) is 0 Å². The molecular weight excluding hydrogens is 330 g/mol. The van der Waals surface area contributed by atoms with Crippen molar-refractivity contribution in [2.24, 2.45) is 0 Å². The second-order valence-electron chi connectivity index (χ2n) is 6.87. The molecule has 0 aliphatic carbocycles. The van der Waals surface area contributed by atoms with E-state index in [9.17, 15) is 0 Å². The van der Waals surface area contributed by atoms with E-state index in [1.807, 2.05) is 29.0 Å². The van der Waals surface area contributed by atoms with E-state index < -0.39 is 0 Å². The maximum absolute atomic E-state index is 6.39. The molecule has 0 saturated heterocycles. The molecule has 2 heteroatoms. The molecule has 0 spiro atoms. The second kappa shape index (κ2) is 6.03. The SMILES string of the molecule is C=[N+]1C=CC=C[C-]1c1c(C)ccc2c1[o+][c-]1cc(-c3ccccc3)ccc21. The molecule has 130 valence electrons. The molecule has 0 fully saturated rings. The summed E-state index contributed by atoms with van der Waals surface area (Å²) in [7, 11) is 0. The van der Waals surface area contributed by atoms with Crippen molar-refractivity contribution in [3.8, 4) is 11.1 Å². The number of fused-ring (bicyclic) bond motifs is 3. The quantitative estimate of drug-likeness (QED) is 0.237. The van der Waals surface area contributed by atoms with E-state index in [-0.39, 0.29) is 0 Å². The zero-order valence-electron chi connectivity index (χ0n) is 15.1. The van der Waals surface area contributed by atoms with Crippen molar-refractivity contribution in [3.63, 3.8) is 0 Å². The van der Waals surface area contributed by atoms with Gasteiger partial charge in [-0.3, -0.25) is 8.99 Å². The fraction of sp³-hybridized carbons (Fsp3) is 0.0400. The summed E-state index contributed by atoms with van der Waals surface area (Å²) in [4.78, 5) is 0. The first-order chi connectivity index (χ1) is 13.2. The Balaban J connectivity index is 1.75. The van der Waals surface area contributed by atoms with Gasteiger partial charge in [-0.2, -0.15) is 0 Å². The predicted octanol–water partition coefficient (Wildman–Crippen LogP) is 6.24. The first-order valence-electron chi connectivity index (χ1n) is 9.05. The Morgan fingerprint density at radius 1 is 0.926 bits per heavy atom. The molecule has 0 N–H and O–H groups in total. The van der Waals surface area contributed by atoms with Crippen LogP contribution < -0.4 is 0 Å². The second-order valence-corrected chi connectivity index (χ2v) is 6.87. The van der Waals surface area contributed by atoms with Gasteiger partial charge in [-0.15, -0.1) is 18.2 Å². The third kappa shape index (κ3) is 2.49. The van der Waals surface area contributed by atoms with Crippen molar-refractivity contribution in [3.05, 3.63) is 102 Å². The molecule has 2 heterocycles. The first-order valence-corrected chi connectivity index (χ1v) is 9.05. The molecule has 2 nitrogen and oxygen atoms in total. The molecule has 0 amide bonds. The van der Waals surface area contributed by atoms with Crippen LogP contribution in [0.3, 0.4) is 0 Å². The van der Waals surface area contributed by atoms with Crippen molar-refractivity contribution in [1.82, 2.24) is 0 Å². The van der Waals surface area contributed by atoms with Crippen LogP contribution in [0.15, 0.2) is 89.5 Å². The average molecular weight is 349 g/mol. The number of nitrogens with zero attached hydrogens (tertiary/aromatic N) is 1. The van der Waals surface area contributed by atoms with Gasteiger partial charge in [-0.25, -0.2) is 0 Å². The molecular formula is C25H19NO. The van der Waals surface area contributed by atoms with Crippen molar-refractivity contribution in [2.45, 2.75) is 6.92 Å². The lowest BCUT2D eigenvalue weighted by Gasteiger charge is -2.16. The minimum Gasteiger partial charge on any atom is -0.286 e. The number of rotatable bonds is 2. The minimum atomic E-state index is 0.907. The van der Waals surface area contributed by atoms with Gasteiger partial charge in [-0.1, -0.05) is 72.2 Å². The lowest BCUT2D eigenvalue weighted by Crippen LogP contribution is -2.14. The van der Waals surface area contributed by atoms with Gasteiger partial charge in [-0.05, 0) is 22.9 Å². The molecule has 5 rings (SSSR count). The maximum atomic E-state index is 6.39. The fourth-order valence-corrected chi connectivity index (χ4v) is 3.77. The molecule has 27 heavy (non-hydrogen) atoms. The standard InChI is InChI=1S/C25H19NO/c1-17-11-13-21-20-14-12-19(18-8-4-3-5-9-18)16-23(20)27-25(21)24(17)22-10-6-7-15-26(22)2/h3-16H,2H2,1H3. The summed E-state index contributed by atoms with van der Waals surface area (Å²) in [6.07, 6.45) is 8.06. The van der Waals surface area contributed by atoms with Crippen LogP contribution in [0.25, 0.3) is 33.1 Å². The third-order valence-corrected chi connectivity index (χ3v) is 5.15. The van der Waals surface area contributed by atoms with Crippen molar-refractivity contribution in [1.29, 1.82) is 0 Å². The van der Waals surface area contributed by atoms with E-state index in [1.165, 1.54) is 11.1 Å². The zero-order valence-corrected chi connectivity index (χ0v) is 15.1. The molecule has 0 saturated carbocycles. The van der Waals surface area contributed by atoms with Crippen molar-refractivity contribution < 1.29 is 8.99 Å². The van der Waals surface area contributed by atoms with Crippen LogP contribution >= 0.6 is 0 Å². The van der Waals surface area contributed by atoms with Gasteiger partial charge in [0.05, 0.1) is 12.3 Å². The lowest BCUT2D eigenvalue weighted by atomic mass is 9.96. The van der Waals surface area contributed by atoms with Crippen LogP contribution in [0.2, 0.25) is 0 Å². The van der Waals surface area contributed by atoms with Gasteiger partial charge in [0.15, 0.2) is 6.04 Å². The summed E-state index contributed by atoms with van der Waals surface area (Å²) < 4.78 is 8.29. The van der Waals surface area contributed by atoms with Gasteiger partial charge in [0.2, 0.25) is 0 Å². The van der Waals surface area contributed by atoms with Gasteiger partial charge < -0.3 is 0 Å². The minimum absolute atomic E-state index is 0.907. The number of allylic oxidation sites excluding steroid dienone is 2. The van der Waals surface area contributed by atoms with Gasteiger partial charge in [0.25, 0.3) is 11.2 Å². The number of benzene rings is 3. The third-order valence-electron chi connectivity index (χ3n) is 5.15. The Kier molecular flexibility index (Phi) is 3.51. The Labute approximate surface area is 158 Å². The maximum Gasteiger partial charge on any atom is 0.279 e. The fourth-order valence-electron chi connectivity index (χ4n) is 3.77. The highest BCUT2D eigenvalue weighted by molar-refractivity contribution is 6.07. The molecule has 1 aromatic heterocycles. The summed E-state index contributed by atoms with van der Waals surface area (Å²) >= 11 is 0. The van der Waals surface area contributed by atoms with Gasteiger partial charge >= 0.3 is 0 Å². The molecule has 1 aliphatic heterocycles. The summed E-state index contributed by atoms with van der Waals surface area (Å²) in [5.41, 5.74) is 6.44. The van der Waals surface area contributed by atoms with E-state index in [2.05, 4.69) is 74.3 Å². The Morgan fingerprint density at radius 2 is 1.78 bits per heavy atom. The molecule has 0 bridgehead atoms. The highest BCUT2D eigenvalue weighted by Gasteiger charge is 2.25. The highest BCUT2D eigenvalue weighted by atomic mass is 16.3. The first kappa shape index (κ1) is 15.7. The van der Waals surface area contributed by atoms with Gasteiger partial charge in [0, 0.05) is 0 Å². The molecule has 1 aliphatic rings. The highest BCUT2D eigenvalue weighted by Crippen LogP contribution is 2.38. The van der Waals surface area contributed by atoms with E-state index in [0.29, 0.717) is 0 Å². The molecule has 3 aromatic carbocycles. The molecule has 0 atom stereocenters. The van der Waals surface area contributed by atoms with Crippen molar-refractivity contribution >= 4 is 28.7 Å². The number of hydrogen-bond donors (Lipinski definition) is 0. The summed E-state index contributed by atoms with van der Waals surface area (Å²) in [6.45, 7) is 6.24. The summed E-state index contributed by atoms with van der Waals surface area (Å²) in [5, 5.41) is 2.27. The summed E-state index contributed by atoms with van der Waals surface area (Å²) in [6, 6.07) is 22.2. The van der Waals surface area contributed by atoms with E-state index in [1.54, 1.807) is 0 Å². The molecule has 0 radical (unpaired) electrons. The van der Waals surface area contributed by atoms with E-state index in [0.717, 1.165) is 39.1 Å². The zero-order chi connectivity index (χ0) is 18.4. The Hall–Kier alpha value is -3.52. The molecule has 4 aromatic rings. The normalized spacial score (nSPS) is 13.8. The summed E-state index contributed by atoms with van der Waals surface area (Å²) in [5.74, 6) is 0. The lowest BCUT2D eigenvalue weighted by molar-refractivity contribution is -0.417. The number of aryl methyl sites for hydroxylation is 1. The van der Waals surface area contributed by atoms with Crippen LogP contribution in [-0.4, -0.2) is 11.3 Å². The van der Waals surface area contributed by atoms with Crippen LogP contribution in [0.1, 0.15) is 11.1 Å². The topological polar surface area (TPSA) is 14.3 Å². The smallest absolute Gasteiger partial charge is 0.279 e. The monoisotopic (exact) mass is 349 g/mol. The van der Waals surface area contributed by atoms with Crippen LogP contribution in [0, 0.1) is 13.0 Å². The average Bonchev–Trinajstić information content (AvgIpc) is 3.07.